The van der Waals surface area contributed by atoms with Gasteiger partial charge in [0.05, 0.1) is 0 Å². The molecule has 4 nitrogen and oxygen atoms in total. The minimum absolute atomic E-state index is 0.0411. The van der Waals surface area contributed by atoms with Gasteiger partial charge in [-0.1, -0.05) is 27.7 Å². The van der Waals surface area contributed by atoms with Crippen molar-refractivity contribution in [2.24, 2.45) is 52.1 Å². The van der Waals surface area contributed by atoms with E-state index in [0.717, 1.165) is 43.4 Å². The van der Waals surface area contributed by atoms with Gasteiger partial charge in [-0.25, -0.2) is 0 Å². The Hall–Kier alpha value is -0.900. The van der Waals surface area contributed by atoms with Gasteiger partial charge in [-0.3, -0.25) is 9.59 Å². The van der Waals surface area contributed by atoms with Crippen LogP contribution in [0.4, 0.5) is 0 Å². The van der Waals surface area contributed by atoms with E-state index in [1.54, 1.807) is 0 Å². The van der Waals surface area contributed by atoms with Gasteiger partial charge < -0.3 is 10.5 Å². The molecule has 0 aromatic heterocycles. The van der Waals surface area contributed by atoms with Crippen molar-refractivity contribution in [3.8, 4) is 0 Å². The van der Waals surface area contributed by atoms with Crippen LogP contribution in [0.3, 0.4) is 0 Å². The van der Waals surface area contributed by atoms with Crippen LogP contribution in [0.25, 0.3) is 0 Å². The number of rotatable bonds is 4. The number of Topliss-reactive ketones (excluding diaryl/α,β-unsaturated/α-hetero) is 1. The Bertz CT molecular complexity index is 690. The van der Waals surface area contributed by atoms with Gasteiger partial charge in [-0.05, 0) is 105 Å². The monoisotopic (exact) mass is 417 g/mol. The number of ether oxygens (including phenoxy) is 1. The van der Waals surface area contributed by atoms with Gasteiger partial charge in [0.25, 0.3) is 0 Å². The number of carbonyl (C=O) groups is 2. The summed E-state index contributed by atoms with van der Waals surface area (Å²) in [5.41, 5.74) is 6.61. The highest BCUT2D eigenvalue weighted by Crippen LogP contribution is 2.67. The highest BCUT2D eigenvalue weighted by molar-refractivity contribution is 5.79. The average molecular weight is 418 g/mol. The van der Waals surface area contributed by atoms with Crippen molar-refractivity contribution in [3.05, 3.63) is 0 Å². The second-order valence-electron chi connectivity index (χ2n) is 12.0. The third-order valence-electron chi connectivity index (χ3n) is 10.4. The zero-order valence-electron chi connectivity index (χ0n) is 19.8. The van der Waals surface area contributed by atoms with Gasteiger partial charge in [0.15, 0.2) is 0 Å². The highest BCUT2D eigenvalue weighted by atomic mass is 16.5. The first-order chi connectivity index (χ1) is 14.1. The van der Waals surface area contributed by atoms with Crippen LogP contribution in [0.5, 0.6) is 0 Å². The molecule has 0 aliphatic heterocycles. The number of carbonyl (C=O) groups excluding carboxylic acids is 2. The van der Waals surface area contributed by atoms with Gasteiger partial charge in [0, 0.05) is 5.92 Å². The van der Waals surface area contributed by atoms with Crippen molar-refractivity contribution in [1.82, 2.24) is 0 Å². The Morgan fingerprint density at radius 1 is 0.933 bits per heavy atom. The van der Waals surface area contributed by atoms with Crippen molar-refractivity contribution in [1.29, 1.82) is 0 Å². The van der Waals surface area contributed by atoms with Gasteiger partial charge in [0.1, 0.15) is 17.9 Å². The molecule has 0 spiro atoms. The summed E-state index contributed by atoms with van der Waals surface area (Å²) in [7, 11) is 0. The summed E-state index contributed by atoms with van der Waals surface area (Å²) >= 11 is 0. The second kappa shape index (κ2) is 7.90. The number of hydrogen-bond donors (Lipinski definition) is 1. The fraction of sp³-hybridized carbons (Fsp3) is 0.923. The average Bonchev–Trinajstić information content (AvgIpc) is 3.05. The molecule has 0 heterocycles. The van der Waals surface area contributed by atoms with Crippen molar-refractivity contribution < 1.29 is 14.3 Å². The lowest BCUT2D eigenvalue weighted by atomic mass is 9.44. The first-order valence-electron chi connectivity index (χ1n) is 12.5. The number of ketones is 1. The topological polar surface area (TPSA) is 69.4 Å². The maximum atomic E-state index is 12.4. The first kappa shape index (κ1) is 22.3. The van der Waals surface area contributed by atoms with Crippen LogP contribution in [0.2, 0.25) is 0 Å². The molecule has 0 saturated heterocycles. The largest absolute Gasteiger partial charge is 0.461 e. The van der Waals surface area contributed by atoms with E-state index in [0.29, 0.717) is 17.1 Å². The fourth-order valence-corrected chi connectivity index (χ4v) is 8.51. The first-order valence-corrected chi connectivity index (χ1v) is 12.5. The second-order valence-corrected chi connectivity index (χ2v) is 12.0. The Morgan fingerprint density at radius 3 is 2.27 bits per heavy atom. The van der Waals surface area contributed by atoms with Crippen molar-refractivity contribution in [2.45, 2.75) is 105 Å². The highest BCUT2D eigenvalue weighted by Gasteiger charge is 2.60. The Labute approximate surface area is 183 Å². The Balaban J connectivity index is 1.45. The number of hydrogen-bond acceptors (Lipinski definition) is 4. The fourth-order valence-electron chi connectivity index (χ4n) is 8.51. The SMILES string of the molecule is CC(=O)[C@H]1CC[C@H]2[C@@H]3CC[C@H]4C[C@H](OC(=O)C(N)C(C)C)CC[C@]4(C)[C@H]3CC[C@]12C. The summed E-state index contributed by atoms with van der Waals surface area (Å²) in [5, 5.41) is 0. The molecule has 0 aromatic rings. The van der Waals surface area contributed by atoms with Crippen molar-refractivity contribution in [3.63, 3.8) is 0 Å². The van der Waals surface area contributed by atoms with E-state index in [1.807, 2.05) is 20.8 Å². The maximum absolute atomic E-state index is 12.4. The van der Waals surface area contributed by atoms with Crippen LogP contribution in [0.1, 0.15) is 92.4 Å². The molecule has 4 rings (SSSR count). The van der Waals surface area contributed by atoms with Gasteiger partial charge in [0.2, 0.25) is 0 Å². The summed E-state index contributed by atoms with van der Waals surface area (Å²) in [5.74, 6) is 3.52. The molecule has 170 valence electrons. The molecule has 0 radical (unpaired) electrons. The van der Waals surface area contributed by atoms with Gasteiger partial charge in [-0.15, -0.1) is 0 Å². The molecule has 0 bridgehead atoms. The molecule has 4 saturated carbocycles. The molecule has 4 heteroatoms. The normalized spacial score (nSPS) is 46.5. The molecule has 0 aromatic carbocycles. The summed E-state index contributed by atoms with van der Waals surface area (Å²) in [4.78, 5) is 24.7. The predicted octanol–water partition coefficient (Wildman–Crippen LogP) is 5.13. The minimum atomic E-state index is -0.512. The maximum Gasteiger partial charge on any atom is 0.323 e. The van der Waals surface area contributed by atoms with E-state index in [1.165, 1.54) is 32.1 Å². The molecular weight excluding hydrogens is 374 g/mol. The predicted molar refractivity (Wildman–Crippen MR) is 119 cm³/mol. The van der Waals surface area contributed by atoms with Crippen LogP contribution in [-0.2, 0) is 14.3 Å². The molecule has 4 fully saturated rings. The van der Waals surface area contributed by atoms with Crippen LogP contribution in [0, 0.1) is 46.3 Å². The third kappa shape index (κ3) is 3.45. The van der Waals surface area contributed by atoms with Gasteiger partial charge >= 0.3 is 5.97 Å². The van der Waals surface area contributed by atoms with Crippen LogP contribution < -0.4 is 5.73 Å². The third-order valence-corrected chi connectivity index (χ3v) is 10.4. The molecule has 9 atom stereocenters. The van der Waals surface area contributed by atoms with E-state index >= 15 is 0 Å². The Kier molecular flexibility index (Phi) is 5.87. The summed E-state index contributed by atoms with van der Waals surface area (Å²) in [6.07, 6.45) is 10.6. The number of esters is 1. The van der Waals surface area contributed by atoms with Gasteiger partial charge in [-0.2, -0.15) is 0 Å². The molecule has 30 heavy (non-hydrogen) atoms. The molecule has 0 amide bonds. The van der Waals surface area contributed by atoms with Crippen LogP contribution in [-0.4, -0.2) is 23.9 Å². The lowest BCUT2D eigenvalue weighted by molar-refractivity contribution is -0.165. The van der Waals surface area contributed by atoms with E-state index in [9.17, 15) is 9.59 Å². The zero-order chi connectivity index (χ0) is 21.8. The lowest BCUT2D eigenvalue weighted by Gasteiger charge is -2.61. The standard InChI is InChI=1S/C26H43NO3/c1-15(2)23(27)24(29)30-18-10-12-25(4)17(14-18)6-7-19-21-9-8-20(16(3)28)26(21,5)13-11-22(19)25/h15,17-23H,6-14,27H2,1-5H3/t17-,18+,19-,20+,21-,22-,23?,25-,26+/m0/s1. The Morgan fingerprint density at radius 2 is 1.60 bits per heavy atom. The van der Waals surface area contributed by atoms with Crippen molar-refractivity contribution >= 4 is 11.8 Å². The van der Waals surface area contributed by atoms with E-state index < -0.39 is 6.04 Å². The zero-order valence-corrected chi connectivity index (χ0v) is 19.8. The number of nitrogens with two attached hydrogens (primary N) is 1. The molecule has 4 aliphatic carbocycles. The van der Waals surface area contributed by atoms with E-state index in [2.05, 4.69) is 13.8 Å². The minimum Gasteiger partial charge on any atom is -0.461 e. The van der Waals surface area contributed by atoms with Crippen LogP contribution in [0.15, 0.2) is 0 Å². The summed E-state index contributed by atoms with van der Waals surface area (Å²) < 4.78 is 5.87. The molecule has 4 aliphatic rings. The smallest absolute Gasteiger partial charge is 0.323 e. The lowest BCUT2D eigenvalue weighted by Crippen LogP contribution is -2.54. The van der Waals surface area contributed by atoms with Crippen molar-refractivity contribution in [2.75, 3.05) is 0 Å². The quantitative estimate of drug-likeness (QED) is 0.644. The number of fused-ring (bicyclic) bond motifs is 5. The van der Waals surface area contributed by atoms with Crippen LogP contribution >= 0.6 is 0 Å². The molecular formula is C26H43NO3. The van der Waals surface area contributed by atoms with E-state index in [-0.39, 0.29) is 29.3 Å². The van der Waals surface area contributed by atoms with E-state index in [4.69, 9.17) is 10.5 Å². The summed E-state index contributed by atoms with van der Waals surface area (Å²) in [6, 6.07) is -0.512. The molecule has 1 unspecified atom stereocenters. The molecule has 2 N–H and O–H groups in total. The summed E-state index contributed by atoms with van der Waals surface area (Å²) in [6.45, 7) is 10.7.